The molecule has 0 radical (unpaired) electrons. The summed E-state index contributed by atoms with van der Waals surface area (Å²) in [6.07, 6.45) is 3.56. The first-order valence-electron chi connectivity index (χ1n) is 10.4. The minimum absolute atomic E-state index is 0.274. The zero-order chi connectivity index (χ0) is 20.8. The van der Waals surface area contributed by atoms with Crippen molar-refractivity contribution in [2.45, 2.75) is 45.8 Å². The van der Waals surface area contributed by atoms with E-state index in [1.54, 1.807) is 6.33 Å². The van der Waals surface area contributed by atoms with Crippen LogP contribution in [-0.4, -0.2) is 33.3 Å². The third-order valence-corrected chi connectivity index (χ3v) is 5.09. The third-order valence-electron chi connectivity index (χ3n) is 5.09. The van der Waals surface area contributed by atoms with Crippen molar-refractivity contribution in [1.29, 1.82) is 0 Å². The average molecular weight is 405 g/mol. The van der Waals surface area contributed by atoms with E-state index < -0.39 is 0 Å². The van der Waals surface area contributed by atoms with Crippen LogP contribution in [0.3, 0.4) is 0 Å². The van der Waals surface area contributed by atoms with Crippen LogP contribution in [0.2, 0.25) is 0 Å². The van der Waals surface area contributed by atoms with Gasteiger partial charge in [-0.25, -0.2) is 14.7 Å². The topological polar surface area (TPSA) is 76.4 Å². The van der Waals surface area contributed by atoms with Crippen molar-refractivity contribution in [2.75, 3.05) is 6.54 Å². The van der Waals surface area contributed by atoms with E-state index in [0.29, 0.717) is 6.54 Å². The molecule has 30 heavy (non-hydrogen) atoms. The largest absolute Gasteiger partial charge is 0.457 e. The summed E-state index contributed by atoms with van der Waals surface area (Å²) in [6, 6.07) is 16.4. The van der Waals surface area contributed by atoms with Crippen molar-refractivity contribution < 1.29 is 4.74 Å². The fourth-order valence-corrected chi connectivity index (χ4v) is 3.57. The number of guanidine groups is 1. The molecule has 0 aliphatic carbocycles. The number of nitrogens with one attached hydrogen (secondary N) is 2. The number of rotatable bonds is 6. The Balaban J connectivity index is 1.45. The van der Waals surface area contributed by atoms with Crippen molar-refractivity contribution >= 4 is 5.96 Å². The molecule has 0 fully saturated rings. The fraction of sp³-hybridized carbons (Fsp3) is 0.348. The number of hydrogen-bond acceptors (Lipinski definition) is 4. The Morgan fingerprint density at radius 1 is 1.23 bits per heavy atom. The van der Waals surface area contributed by atoms with Crippen molar-refractivity contribution in [2.24, 2.45) is 4.99 Å². The Labute approximate surface area is 177 Å². The lowest BCUT2D eigenvalue weighted by Gasteiger charge is -2.25. The monoisotopic (exact) mass is 404 g/mol. The van der Waals surface area contributed by atoms with Gasteiger partial charge in [-0.05, 0) is 44.0 Å². The number of aromatic nitrogens is 3. The third kappa shape index (κ3) is 4.97. The van der Waals surface area contributed by atoms with Crippen molar-refractivity contribution in [3.63, 3.8) is 0 Å². The van der Waals surface area contributed by atoms with Gasteiger partial charge < -0.3 is 15.4 Å². The summed E-state index contributed by atoms with van der Waals surface area (Å²) in [5.41, 5.74) is 2.21. The quantitative estimate of drug-likeness (QED) is 0.486. The molecule has 0 spiro atoms. The summed E-state index contributed by atoms with van der Waals surface area (Å²) < 4.78 is 8.10. The minimum Gasteiger partial charge on any atom is -0.457 e. The summed E-state index contributed by atoms with van der Waals surface area (Å²) in [4.78, 5) is 9.11. The summed E-state index contributed by atoms with van der Waals surface area (Å²) >= 11 is 0. The molecule has 1 aliphatic heterocycles. The Bertz CT molecular complexity index is 1010. The second kappa shape index (κ2) is 9.43. The van der Waals surface area contributed by atoms with E-state index in [1.807, 2.05) is 41.1 Å². The number of aliphatic imine (C=N–C) groups is 1. The molecule has 7 nitrogen and oxygen atoms in total. The summed E-state index contributed by atoms with van der Waals surface area (Å²) in [5, 5.41) is 11.2. The molecule has 156 valence electrons. The van der Waals surface area contributed by atoms with E-state index in [-0.39, 0.29) is 6.04 Å². The van der Waals surface area contributed by atoms with E-state index >= 15 is 0 Å². The molecule has 0 bridgehead atoms. The summed E-state index contributed by atoms with van der Waals surface area (Å²) in [5.74, 6) is 3.52. The second-order valence-corrected chi connectivity index (χ2v) is 7.46. The molecule has 0 amide bonds. The standard InChI is InChI=1S/C23H28N6O/c1-3-24-23(28-19-11-12-22-26-16-27-29(22)15-19)25-14-18-8-4-5-10-21(18)30-20-9-6-7-17(2)13-20/h4-10,13,16,19H,3,11-12,14-15H2,1-2H3,(H2,24,25,28). The smallest absolute Gasteiger partial charge is 0.191 e. The SMILES string of the molecule is CCNC(=NCc1ccccc1Oc1cccc(C)c1)NC1CCc2ncnn2C1. The van der Waals surface area contributed by atoms with Crippen molar-refractivity contribution in [1.82, 2.24) is 25.4 Å². The maximum atomic E-state index is 6.13. The van der Waals surface area contributed by atoms with Crippen LogP contribution in [0.15, 0.2) is 59.9 Å². The zero-order valence-corrected chi connectivity index (χ0v) is 17.5. The Morgan fingerprint density at radius 2 is 2.13 bits per heavy atom. The molecule has 3 aromatic rings. The van der Waals surface area contributed by atoms with Gasteiger partial charge in [0.05, 0.1) is 13.1 Å². The number of aryl methyl sites for hydroxylation is 2. The highest BCUT2D eigenvalue weighted by molar-refractivity contribution is 5.80. The number of hydrogen-bond donors (Lipinski definition) is 2. The highest BCUT2D eigenvalue weighted by atomic mass is 16.5. The number of nitrogens with zero attached hydrogens (tertiary/aromatic N) is 4. The van der Waals surface area contributed by atoms with Crippen LogP contribution in [0, 0.1) is 6.92 Å². The maximum Gasteiger partial charge on any atom is 0.191 e. The van der Waals surface area contributed by atoms with Crippen LogP contribution in [-0.2, 0) is 19.5 Å². The predicted molar refractivity (Wildman–Crippen MR) is 118 cm³/mol. The van der Waals surface area contributed by atoms with Gasteiger partial charge in [0.1, 0.15) is 23.7 Å². The fourth-order valence-electron chi connectivity index (χ4n) is 3.57. The molecule has 4 rings (SSSR count). The number of fused-ring (bicyclic) bond motifs is 1. The Hall–Kier alpha value is -3.35. The molecular formula is C23H28N6O. The summed E-state index contributed by atoms with van der Waals surface area (Å²) in [6.45, 7) is 6.26. The second-order valence-electron chi connectivity index (χ2n) is 7.46. The van der Waals surface area contributed by atoms with E-state index in [4.69, 9.17) is 9.73 Å². The van der Waals surface area contributed by atoms with Crippen molar-refractivity contribution in [3.05, 3.63) is 71.8 Å². The molecule has 0 saturated heterocycles. The molecule has 1 unspecified atom stereocenters. The highest BCUT2D eigenvalue weighted by Gasteiger charge is 2.20. The molecule has 1 aliphatic rings. The van der Waals surface area contributed by atoms with Crippen LogP contribution in [0.4, 0.5) is 0 Å². The molecule has 0 saturated carbocycles. The normalized spacial score (nSPS) is 16.1. The van der Waals surface area contributed by atoms with Gasteiger partial charge in [-0.15, -0.1) is 0 Å². The average Bonchev–Trinajstić information content (AvgIpc) is 3.21. The zero-order valence-electron chi connectivity index (χ0n) is 17.5. The van der Waals surface area contributed by atoms with E-state index in [1.165, 1.54) is 5.56 Å². The van der Waals surface area contributed by atoms with Crippen LogP contribution in [0.25, 0.3) is 0 Å². The van der Waals surface area contributed by atoms with Gasteiger partial charge in [0.25, 0.3) is 0 Å². The van der Waals surface area contributed by atoms with E-state index in [0.717, 1.165) is 54.8 Å². The first-order valence-corrected chi connectivity index (χ1v) is 10.4. The molecule has 2 N–H and O–H groups in total. The van der Waals surface area contributed by atoms with Gasteiger partial charge in [-0.2, -0.15) is 5.10 Å². The Kier molecular flexibility index (Phi) is 6.27. The minimum atomic E-state index is 0.274. The molecule has 2 aromatic carbocycles. The van der Waals surface area contributed by atoms with E-state index in [2.05, 4.69) is 46.7 Å². The highest BCUT2D eigenvalue weighted by Crippen LogP contribution is 2.26. The van der Waals surface area contributed by atoms with Gasteiger partial charge in [-0.1, -0.05) is 30.3 Å². The van der Waals surface area contributed by atoms with Crippen LogP contribution < -0.4 is 15.4 Å². The van der Waals surface area contributed by atoms with Gasteiger partial charge in [-0.3, -0.25) is 0 Å². The van der Waals surface area contributed by atoms with Gasteiger partial charge in [0, 0.05) is 24.6 Å². The lowest BCUT2D eigenvalue weighted by Crippen LogP contribution is -2.47. The number of para-hydroxylation sites is 1. The maximum absolute atomic E-state index is 6.13. The first-order chi connectivity index (χ1) is 14.7. The lowest BCUT2D eigenvalue weighted by atomic mass is 10.1. The Morgan fingerprint density at radius 3 is 3.00 bits per heavy atom. The van der Waals surface area contributed by atoms with Crippen molar-refractivity contribution in [3.8, 4) is 11.5 Å². The molecule has 7 heteroatoms. The molecule has 1 aromatic heterocycles. The first kappa shape index (κ1) is 19.9. The van der Waals surface area contributed by atoms with Gasteiger partial charge in [0.2, 0.25) is 0 Å². The van der Waals surface area contributed by atoms with Crippen LogP contribution >= 0.6 is 0 Å². The molecular weight excluding hydrogens is 376 g/mol. The van der Waals surface area contributed by atoms with Crippen LogP contribution in [0.1, 0.15) is 30.3 Å². The number of ether oxygens (including phenoxy) is 1. The number of benzene rings is 2. The van der Waals surface area contributed by atoms with Crippen LogP contribution in [0.5, 0.6) is 11.5 Å². The van der Waals surface area contributed by atoms with E-state index in [9.17, 15) is 0 Å². The lowest BCUT2D eigenvalue weighted by molar-refractivity contribution is 0.392. The van der Waals surface area contributed by atoms with Gasteiger partial charge >= 0.3 is 0 Å². The molecule has 1 atom stereocenters. The summed E-state index contributed by atoms with van der Waals surface area (Å²) in [7, 11) is 0. The predicted octanol–water partition coefficient (Wildman–Crippen LogP) is 3.45. The molecule has 2 heterocycles. The van der Waals surface area contributed by atoms with Gasteiger partial charge in [0.15, 0.2) is 5.96 Å².